The number of hydrogen-bond acceptors (Lipinski definition) is 2. The Morgan fingerprint density at radius 1 is 0.522 bits per heavy atom. The van der Waals surface area contributed by atoms with Crippen molar-refractivity contribution in [3.05, 3.63) is 0 Å². The van der Waals surface area contributed by atoms with Crippen molar-refractivity contribution in [3.63, 3.8) is 0 Å². The quantitative estimate of drug-likeness (QED) is 0.595. The molecule has 0 atom stereocenters. The summed E-state index contributed by atoms with van der Waals surface area (Å²) in [7, 11) is 0. The Bertz CT molecular complexity index is 328. The average molecular weight is 327 g/mol. The van der Waals surface area contributed by atoms with Crippen molar-refractivity contribution in [1.29, 1.82) is 0 Å². The second-order valence-electron chi connectivity index (χ2n) is 11.1. The molecule has 0 radical (unpaired) electrons. The van der Waals surface area contributed by atoms with Gasteiger partial charge in [-0.05, 0) is 103 Å². The summed E-state index contributed by atoms with van der Waals surface area (Å²) in [4.78, 5) is 5.37. The van der Waals surface area contributed by atoms with Crippen LogP contribution in [0.15, 0.2) is 0 Å². The first-order valence-corrected chi connectivity index (χ1v) is 9.43. The van der Waals surface area contributed by atoms with Gasteiger partial charge in [0.1, 0.15) is 0 Å². The smallest absolute Gasteiger partial charge is 0.0178 e. The molecule has 0 heterocycles. The Kier molecular flexibility index (Phi) is 7.01. The van der Waals surface area contributed by atoms with E-state index < -0.39 is 0 Å². The van der Waals surface area contributed by atoms with E-state index in [1.165, 1.54) is 0 Å². The van der Waals surface area contributed by atoms with Crippen molar-refractivity contribution in [1.82, 2.24) is 9.80 Å². The molecule has 0 rings (SSSR count). The van der Waals surface area contributed by atoms with Crippen LogP contribution in [-0.2, 0) is 0 Å². The predicted molar refractivity (Wildman–Crippen MR) is 106 cm³/mol. The molecule has 0 bridgehead atoms. The molecule has 0 aliphatic carbocycles. The van der Waals surface area contributed by atoms with Crippen LogP contribution in [0.2, 0.25) is 0 Å². The maximum Gasteiger partial charge on any atom is 0.0178 e. The van der Waals surface area contributed by atoms with Crippen molar-refractivity contribution in [3.8, 4) is 0 Å². The second-order valence-corrected chi connectivity index (χ2v) is 11.1. The molecule has 0 N–H and O–H groups in total. The van der Waals surface area contributed by atoms with Gasteiger partial charge in [-0.2, -0.15) is 0 Å². The maximum absolute atomic E-state index is 2.68. The first-order valence-electron chi connectivity index (χ1n) is 9.43. The summed E-state index contributed by atoms with van der Waals surface area (Å²) < 4.78 is 0. The Morgan fingerprint density at radius 3 is 0.870 bits per heavy atom. The molecule has 0 saturated heterocycles. The van der Waals surface area contributed by atoms with Gasteiger partial charge >= 0.3 is 0 Å². The van der Waals surface area contributed by atoms with Crippen LogP contribution in [-0.4, -0.2) is 44.0 Å². The molecular formula is C21H46N2. The highest BCUT2D eigenvalue weighted by Gasteiger charge is 2.44. The van der Waals surface area contributed by atoms with Crippen LogP contribution in [0.1, 0.15) is 103 Å². The van der Waals surface area contributed by atoms with E-state index >= 15 is 0 Å². The summed E-state index contributed by atoms with van der Waals surface area (Å²) >= 11 is 0. The summed E-state index contributed by atoms with van der Waals surface area (Å²) in [5.41, 5.74) is 0.596. The lowest BCUT2D eigenvalue weighted by Gasteiger charge is -2.56. The molecule has 0 saturated carbocycles. The summed E-state index contributed by atoms with van der Waals surface area (Å²) in [6.45, 7) is 33.0. The van der Waals surface area contributed by atoms with Crippen molar-refractivity contribution < 1.29 is 0 Å². The van der Waals surface area contributed by atoms with Crippen LogP contribution in [0.3, 0.4) is 0 Å². The third-order valence-electron chi connectivity index (χ3n) is 4.65. The molecule has 0 amide bonds. The highest BCUT2D eigenvalue weighted by Crippen LogP contribution is 2.39. The Morgan fingerprint density at radius 2 is 0.739 bits per heavy atom. The molecule has 0 aromatic carbocycles. The van der Waals surface area contributed by atoms with Gasteiger partial charge < -0.3 is 0 Å². The minimum absolute atomic E-state index is 0.133. The first kappa shape index (κ1) is 22.9. The molecule has 0 aliphatic heterocycles. The molecule has 0 aliphatic rings. The number of rotatable bonds is 6. The van der Waals surface area contributed by atoms with Crippen LogP contribution in [0.25, 0.3) is 0 Å². The predicted octanol–water partition coefficient (Wildman–Crippen LogP) is 5.95. The van der Waals surface area contributed by atoms with E-state index in [4.69, 9.17) is 0 Å². The number of nitrogens with zero attached hydrogens (tertiary/aromatic N) is 2. The largest absolute Gasteiger partial charge is 0.291 e. The SMILES string of the molecule is CC(C)N(C(C)(C)C)C(C)(C)CC(C)(C)N(C(C)C)C(C)(C)C. The Hall–Kier alpha value is -0.0800. The molecule has 2 nitrogen and oxygen atoms in total. The Balaban J connectivity index is 5.72. The highest BCUT2D eigenvalue weighted by molar-refractivity contribution is 5.01. The van der Waals surface area contributed by atoms with E-state index in [1.807, 2.05) is 0 Å². The fourth-order valence-corrected chi connectivity index (χ4v) is 5.99. The van der Waals surface area contributed by atoms with Crippen LogP contribution in [0.4, 0.5) is 0 Å². The zero-order valence-corrected chi connectivity index (χ0v) is 18.8. The van der Waals surface area contributed by atoms with Gasteiger partial charge in [0.15, 0.2) is 0 Å². The van der Waals surface area contributed by atoms with Gasteiger partial charge in [0.2, 0.25) is 0 Å². The molecule has 0 fully saturated rings. The topological polar surface area (TPSA) is 6.48 Å². The first-order chi connectivity index (χ1) is 9.84. The second kappa shape index (κ2) is 7.04. The van der Waals surface area contributed by atoms with Crippen LogP contribution in [0.5, 0.6) is 0 Å². The van der Waals surface area contributed by atoms with Crippen molar-refractivity contribution in [2.45, 2.75) is 138 Å². The van der Waals surface area contributed by atoms with E-state index in [9.17, 15) is 0 Å². The van der Waals surface area contributed by atoms with Crippen LogP contribution >= 0.6 is 0 Å². The van der Waals surface area contributed by atoms with E-state index in [2.05, 4.69) is 107 Å². The zero-order valence-electron chi connectivity index (χ0n) is 18.8. The summed E-state index contributed by atoms with van der Waals surface area (Å²) in [6, 6.07) is 1.06. The molecule has 0 unspecified atom stereocenters. The fourth-order valence-electron chi connectivity index (χ4n) is 5.99. The molecule has 0 aromatic rings. The molecule has 23 heavy (non-hydrogen) atoms. The van der Waals surface area contributed by atoms with Gasteiger partial charge in [-0.3, -0.25) is 9.80 Å². The molecule has 140 valence electrons. The Labute approximate surface area is 148 Å². The fraction of sp³-hybridized carbons (Fsp3) is 1.00. The number of hydrogen-bond donors (Lipinski definition) is 0. The van der Waals surface area contributed by atoms with Crippen molar-refractivity contribution in [2.75, 3.05) is 0 Å². The molecule has 2 heteroatoms. The normalized spacial score (nSPS) is 15.4. The van der Waals surface area contributed by atoms with Crippen molar-refractivity contribution in [2.24, 2.45) is 0 Å². The van der Waals surface area contributed by atoms with Gasteiger partial charge in [-0.15, -0.1) is 0 Å². The third-order valence-corrected chi connectivity index (χ3v) is 4.65. The summed E-state index contributed by atoms with van der Waals surface area (Å²) in [6.07, 6.45) is 1.14. The maximum atomic E-state index is 2.68. The molecule has 0 aromatic heterocycles. The highest BCUT2D eigenvalue weighted by atomic mass is 15.3. The standard InChI is InChI=1S/C21H46N2/c1-16(2)22(18(5,6)7)20(11,12)15-21(13,14)23(17(3)4)19(8,9)10/h16-17H,15H2,1-14H3. The van der Waals surface area contributed by atoms with Gasteiger partial charge in [0, 0.05) is 34.2 Å². The van der Waals surface area contributed by atoms with Crippen LogP contribution < -0.4 is 0 Å². The lowest BCUT2D eigenvalue weighted by molar-refractivity contribution is -0.0674. The average Bonchev–Trinajstić information content (AvgIpc) is 2.03. The van der Waals surface area contributed by atoms with Gasteiger partial charge in [-0.25, -0.2) is 0 Å². The van der Waals surface area contributed by atoms with Gasteiger partial charge in [0.25, 0.3) is 0 Å². The molecule has 0 spiro atoms. The summed E-state index contributed by atoms with van der Waals surface area (Å²) in [5, 5.41) is 0. The lowest BCUT2D eigenvalue weighted by atomic mass is 9.79. The summed E-state index contributed by atoms with van der Waals surface area (Å²) in [5.74, 6) is 0. The van der Waals surface area contributed by atoms with E-state index in [0.717, 1.165) is 6.42 Å². The van der Waals surface area contributed by atoms with E-state index in [1.54, 1.807) is 0 Å². The monoisotopic (exact) mass is 326 g/mol. The van der Waals surface area contributed by atoms with E-state index in [-0.39, 0.29) is 22.2 Å². The minimum atomic E-state index is 0.133. The van der Waals surface area contributed by atoms with E-state index in [0.29, 0.717) is 12.1 Å². The minimum Gasteiger partial charge on any atom is -0.291 e. The molecular weight excluding hydrogens is 280 g/mol. The van der Waals surface area contributed by atoms with Crippen molar-refractivity contribution >= 4 is 0 Å². The van der Waals surface area contributed by atoms with Crippen LogP contribution in [0, 0.1) is 0 Å². The third kappa shape index (κ3) is 6.05. The lowest BCUT2D eigenvalue weighted by Crippen LogP contribution is -2.64. The van der Waals surface area contributed by atoms with Gasteiger partial charge in [-0.1, -0.05) is 0 Å². The van der Waals surface area contributed by atoms with Gasteiger partial charge in [0.05, 0.1) is 0 Å². The zero-order chi connectivity index (χ0) is 19.0.